The van der Waals surface area contributed by atoms with Gasteiger partial charge in [0, 0.05) is 6.20 Å². The number of ether oxygens (including phenoxy) is 1. The molecule has 0 aliphatic heterocycles. The van der Waals surface area contributed by atoms with E-state index in [1.165, 1.54) is 24.4 Å². The summed E-state index contributed by atoms with van der Waals surface area (Å²) in [6.45, 7) is 2.26. The Hall–Kier alpha value is -2.96. The minimum atomic E-state index is -1.16. The molecule has 1 unspecified atom stereocenters. The second-order valence-corrected chi connectivity index (χ2v) is 6.38. The summed E-state index contributed by atoms with van der Waals surface area (Å²) in [5.41, 5.74) is 0.690. The maximum absolute atomic E-state index is 14.2. The highest BCUT2D eigenvalue weighted by atomic mass is 19.1. The van der Waals surface area contributed by atoms with E-state index in [0.29, 0.717) is 18.1 Å². The van der Waals surface area contributed by atoms with E-state index in [-0.39, 0.29) is 17.0 Å². The summed E-state index contributed by atoms with van der Waals surface area (Å²) in [7, 11) is 0. The Balaban J connectivity index is 1.62. The Morgan fingerprint density at radius 1 is 1.35 bits per heavy atom. The summed E-state index contributed by atoms with van der Waals surface area (Å²) in [5.74, 6) is -1.29. The molecular formula is C19H19FN2O4. The summed E-state index contributed by atoms with van der Waals surface area (Å²) in [6, 6.07) is 6.83. The van der Waals surface area contributed by atoms with E-state index in [2.05, 4.69) is 10.3 Å². The molecule has 0 bridgehead atoms. The summed E-state index contributed by atoms with van der Waals surface area (Å²) in [5, 5.41) is 11.6. The molecule has 1 saturated carbocycles. The molecule has 136 valence electrons. The molecule has 26 heavy (non-hydrogen) atoms. The van der Waals surface area contributed by atoms with Gasteiger partial charge in [-0.2, -0.15) is 0 Å². The number of amides is 1. The lowest BCUT2D eigenvalue weighted by molar-refractivity contribution is 0.0689. The molecule has 3 rings (SSSR count). The van der Waals surface area contributed by atoms with E-state index >= 15 is 0 Å². The molecule has 7 heteroatoms. The number of carbonyl (C=O) groups is 2. The molecule has 1 heterocycles. The first kappa shape index (κ1) is 17.8. The summed E-state index contributed by atoms with van der Waals surface area (Å²) < 4.78 is 19.6. The van der Waals surface area contributed by atoms with Gasteiger partial charge in [-0.05, 0) is 55.5 Å². The average molecular weight is 358 g/mol. The summed E-state index contributed by atoms with van der Waals surface area (Å²) >= 11 is 0. The lowest BCUT2D eigenvalue weighted by atomic mass is 10.1. The van der Waals surface area contributed by atoms with Crippen molar-refractivity contribution in [3.8, 4) is 5.75 Å². The fourth-order valence-corrected chi connectivity index (χ4v) is 2.41. The number of nitrogens with zero attached hydrogens (tertiary/aromatic N) is 1. The number of aromatic carboxylic acids is 1. The fourth-order valence-electron chi connectivity index (χ4n) is 2.41. The van der Waals surface area contributed by atoms with Gasteiger partial charge in [-0.25, -0.2) is 14.2 Å². The molecule has 6 nitrogen and oxygen atoms in total. The highest BCUT2D eigenvalue weighted by Gasteiger charge is 2.22. The second-order valence-electron chi connectivity index (χ2n) is 6.38. The third-order valence-electron chi connectivity index (χ3n) is 4.22. The lowest BCUT2D eigenvalue weighted by Crippen LogP contribution is -2.27. The number of hydrogen-bond acceptors (Lipinski definition) is 4. The molecular weight excluding hydrogens is 339 g/mol. The van der Waals surface area contributed by atoms with Gasteiger partial charge in [-0.1, -0.05) is 6.07 Å². The molecule has 2 N–H and O–H groups in total. The number of carboxylic acids is 1. The number of pyridine rings is 1. The van der Waals surface area contributed by atoms with Crippen molar-refractivity contribution >= 4 is 11.9 Å². The van der Waals surface area contributed by atoms with Crippen LogP contribution in [-0.4, -0.2) is 28.6 Å². The van der Waals surface area contributed by atoms with Crippen LogP contribution >= 0.6 is 0 Å². The first-order chi connectivity index (χ1) is 12.4. The Labute approximate surface area is 150 Å². The van der Waals surface area contributed by atoms with Crippen LogP contribution in [0.3, 0.4) is 0 Å². The van der Waals surface area contributed by atoms with Gasteiger partial charge in [0.2, 0.25) is 0 Å². The number of aromatic nitrogens is 1. The van der Waals surface area contributed by atoms with Crippen LogP contribution in [0.2, 0.25) is 0 Å². The molecule has 1 aliphatic carbocycles. The minimum absolute atomic E-state index is 0.140. The molecule has 2 aromatic rings. The number of hydrogen-bond donors (Lipinski definition) is 2. The third-order valence-corrected chi connectivity index (χ3v) is 4.22. The van der Waals surface area contributed by atoms with Crippen molar-refractivity contribution in [3.63, 3.8) is 0 Å². The molecule has 1 fully saturated rings. The van der Waals surface area contributed by atoms with Crippen LogP contribution in [0.25, 0.3) is 0 Å². The number of carbonyl (C=O) groups excluding carboxylic acids is 1. The van der Waals surface area contributed by atoms with Crippen molar-refractivity contribution < 1.29 is 23.8 Å². The Kier molecular flexibility index (Phi) is 5.16. The number of nitrogens with one attached hydrogen (secondary N) is 1. The van der Waals surface area contributed by atoms with E-state index in [0.717, 1.165) is 12.8 Å². The smallest absolute Gasteiger partial charge is 0.354 e. The monoisotopic (exact) mass is 358 g/mol. The standard InChI is InChI=1S/C19H19FN2O4/c1-11(22-18(23)14-4-6-16(19(24)25)21-9-14)13-5-7-17(15(20)8-13)26-10-12-2-3-12/h4-9,11-12H,2-3,10H2,1H3,(H,22,23)(H,24,25). The molecule has 0 radical (unpaired) electrons. The van der Waals surface area contributed by atoms with Crippen LogP contribution in [0.1, 0.15) is 52.2 Å². The first-order valence-corrected chi connectivity index (χ1v) is 8.36. The highest BCUT2D eigenvalue weighted by molar-refractivity contribution is 5.95. The average Bonchev–Trinajstić information content (AvgIpc) is 3.45. The van der Waals surface area contributed by atoms with E-state index in [4.69, 9.17) is 9.84 Å². The SMILES string of the molecule is CC(NC(=O)c1ccc(C(=O)O)nc1)c1ccc(OCC2CC2)c(F)c1. The van der Waals surface area contributed by atoms with Crippen LogP contribution < -0.4 is 10.1 Å². The van der Waals surface area contributed by atoms with Gasteiger partial charge in [0.15, 0.2) is 11.6 Å². The maximum atomic E-state index is 14.2. The Morgan fingerprint density at radius 3 is 2.69 bits per heavy atom. The van der Waals surface area contributed by atoms with E-state index in [1.807, 2.05) is 0 Å². The number of rotatable bonds is 7. The highest BCUT2D eigenvalue weighted by Crippen LogP contribution is 2.30. The normalized spacial score (nSPS) is 14.5. The fraction of sp³-hybridized carbons (Fsp3) is 0.316. The van der Waals surface area contributed by atoms with Crippen LogP contribution in [0.4, 0.5) is 4.39 Å². The first-order valence-electron chi connectivity index (χ1n) is 8.36. The van der Waals surface area contributed by atoms with Crippen LogP contribution in [-0.2, 0) is 0 Å². The summed E-state index contributed by atoms with van der Waals surface area (Å²) in [6.07, 6.45) is 3.46. The molecule has 1 aromatic carbocycles. The zero-order chi connectivity index (χ0) is 18.7. The zero-order valence-electron chi connectivity index (χ0n) is 14.2. The van der Waals surface area contributed by atoms with Gasteiger partial charge in [-0.3, -0.25) is 4.79 Å². The Morgan fingerprint density at radius 2 is 2.12 bits per heavy atom. The van der Waals surface area contributed by atoms with Crippen molar-refractivity contribution in [2.45, 2.75) is 25.8 Å². The van der Waals surface area contributed by atoms with Crippen molar-refractivity contribution in [2.75, 3.05) is 6.61 Å². The molecule has 1 amide bonds. The van der Waals surface area contributed by atoms with Gasteiger partial charge >= 0.3 is 5.97 Å². The van der Waals surface area contributed by atoms with Gasteiger partial charge < -0.3 is 15.2 Å². The predicted molar refractivity (Wildman–Crippen MR) is 91.7 cm³/mol. The lowest BCUT2D eigenvalue weighted by Gasteiger charge is -2.15. The molecule has 1 aliphatic rings. The molecule has 1 aromatic heterocycles. The van der Waals surface area contributed by atoms with Gasteiger partial charge in [-0.15, -0.1) is 0 Å². The van der Waals surface area contributed by atoms with Gasteiger partial charge in [0.1, 0.15) is 5.69 Å². The third kappa shape index (κ3) is 4.36. The van der Waals surface area contributed by atoms with E-state index in [9.17, 15) is 14.0 Å². The van der Waals surface area contributed by atoms with Crippen molar-refractivity contribution in [3.05, 3.63) is 59.2 Å². The van der Waals surface area contributed by atoms with Crippen LogP contribution in [0.5, 0.6) is 5.75 Å². The van der Waals surface area contributed by atoms with E-state index in [1.54, 1.807) is 19.1 Å². The molecule has 0 spiro atoms. The molecule has 0 saturated heterocycles. The zero-order valence-corrected chi connectivity index (χ0v) is 14.2. The van der Waals surface area contributed by atoms with Crippen LogP contribution in [0.15, 0.2) is 36.5 Å². The van der Waals surface area contributed by atoms with Gasteiger partial charge in [0.05, 0.1) is 18.2 Å². The number of halogens is 1. The molecule has 1 atom stereocenters. The largest absolute Gasteiger partial charge is 0.490 e. The quantitative estimate of drug-likeness (QED) is 0.793. The van der Waals surface area contributed by atoms with E-state index < -0.39 is 23.7 Å². The second kappa shape index (κ2) is 7.51. The van der Waals surface area contributed by atoms with Crippen molar-refractivity contribution in [1.29, 1.82) is 0 Å². The van der Waals surface area contributed by atoms with Crippen molar-refractivity contribution in [2.24, 2.45) is 5.92 Å². The number of carboxylic acid groups (broad SMARTS) is 1. The Bertz CT molecular complexity index is 819. The summed E-state index contributed by atoms with van der Waals surface area (Å²) in [4.78, 5) is 26.7. The minimum Gasteiger partial charge on any atom is -0.490 e. The topological polar surface area (TPSA) is 88.5 Å². The number of benzene rings is 1. The van der Waals surface area contributed by atoms with Crippen LogP contribution in [0, 0.1) is 11.7 Å². The van der Waals surface area contributed by atoms with Gasteiger partial charge in [0.25, 0.3) is 5.91 Å². The maximum Gasteiger partial charge on any atom is 0.354 e. The predicted octanol–water partition coefficient (Wildman–Crippen LogP) is 3.20. The van der Waals surface area contributed by atoms with Crippen molar-refractivity contribution in [1.82, 2.24) is 10.3 Å².